The Bertz CT molecular complexity index is 836. The van der Waals surface area contributed by atoms with Gasteiger partial charge in [-0.25, -0.2) is 4.39 Å². The topological polar surface area (TPSA) is 20.7 Å². The van der Waals surface area contributed by atoms with Crippen LogP contribution < -0.4 is 0 Å². The molecule has 0 bridgehead atoms. The number of fused-ring (bicyclic) bond motifs is 1. The van der Waals surface area contributed by atoms with Crippen LogP contribution in [0.3, 0.4) is 0 Å². The summed E-state index contributed by atoms with van der Waals surface area (Å²) in [5.41, 5.74) is 2.92. The Labute approximate surface area is 132 Å². The Morgan fingerprint density at radius 3 is 2.67 bits per heavy atom. The second-order valence-corrected chi connectivity index (χ2v) is 5.91. The fraction of sp³-hybridized carbons (Fsp3) is 0.188. The van der Waals surface area contributed by atoms with E-state index in [1.54, 1.807) is 12.1 Å². The summed E-state index contributed by atoms with van der Waals surface area (Å²) in [5, 5.41) is 0.659. The average molecular weight is 321 g/mol. The van der Waals surface area contributed by atoms with E-state index >= 15 is 0 Å². The normalized spacial score (nSPS) is 12.7. The summed E-state index contributed by atoms with van der Waals surface area (Å²) >= 11 is 11.6. The van der Waals surface area contributed by atoms with Crippen molar-refractivity contribution in [1.29, 1.82) is 0 Å². The van der Waals surface area contributed by atoms with E-state index in [4.69, 9.17) is 23.8 Å². The van der Waals surface area contributed by atoms with Gasteiger partial charge in [0.05, 0.1) is 16.1 Å². The fourth-order valence-electron chi connectivity index (χ4n) is 2.60. The molecule has 2 nitrogen and oxygen atoms in total. The zero-order valence-corrected chi connectivity index (χ0v) is 13.0. The molecular weight excluding hydrogens is 307 g/mol. The number of hydrogen-bond acceptors (Lipinski definition) is 1. The molecular formula is C16H14ClFN2S. The van der Waals surface area contributed by atoms with Gasteiger partial charge in [-0.3, -0.25) is 0 Å². The van der Waals surface area contributed by atoms with Crippen LogP contribution in [0.15, 0.2) is 42.5 Å². The molecule has 0 aliphatic rings. The molecule has 108 valence electrons. The van der Waals surface area contributed by atoms with Crippen molar-refractivity contribution in [3.8, 4) is 0 Å². The lowest BCUT2D eigenvalue weighted by Crippen LogP contribution is -2.08. The minimum absolute atomic E-state index is 0.148. The van der Waals surface area contributed by atoms with E-state index in [0.717, 1.165) is 23.0 Å². The van der Waals surface area contributed by atoms with E-state index in [1.165, 1.54) is 12.1 Å². The Hall–Kier alpha value is -1.65. The standard InChI is InChI=1S/C16H14ClFN2S/c1-10(9-11-5-7-12(18)8-6-11)20-14-4-2-3-13(17)15(14)19-16(20)21/h2-8,10H,9H2,1H3,(H,19,21). The van der Waals surface area contributed by atoms with E-state index in [9.17, 15) is 4.39 Å². The van der Waals surface area contributed by atoms with Gasteiger partial charge in [0.15, 0.2) is 4.77 Å². The lowest BCUT2D eigenvalue weighted by molar-refractivity contribution is 0.551. The van der Waals surface area contributed by atoms with Gasteiger partial charge >= 0.3 is 0 Å². The maximum atomic E-state index is 13.0. The van der Waals surface area contributed by atoms with Crippen LogP contribution >= 0.6 is 23.8 Å². The molecule has 0 fully saturated rings. The quantitative estimate of drug-likeness (QED) is 0.650. The minimum Gasteiger partial charge on any atom is -0.329 e. The Morgan fingerprint density at radius 1 is 1.24 bits per heavy atom. The number of rotatable bonds is 3. The summed E-state index contributed by atoms with van der Waals surface area (Å²) in [7, 11) is 0. The summed E-state index contributed by atoms with van der Waals surface area (Å²) in [5.74, 6) is -0.220. The first-order valence-corrected chi connectivity index (χ1v) is 7.48. The van der Waals surface area contributed by atoms with Crippen LogP contribution in [0, 0.1) is 10.6 Å². The van der Waals surface area contributed by atoms with Crippen LogP contribution in [0.5, 0.6) is 0 Å². The second kappa shape index (κ2) is 5.62. The number of imidazole rings is 1. The molecule has 1 unspecified atom stereocenters. The Morgan fingerprint density at radius 2 is 1.95 bits per heavy atom. The monoisotopic (exact) mass is 320 g/mol. The van der Waals surface area contributed by atoms with Gasteiger partial charge in [0, 0.05) is 6.04 Å². The molecule has 1 heterocycles. The van der Waals surface area contributed by atoms with Crippen molar-refractivity contribution in [3.05, 3.63) is 63.6 Å². The van der Waals surface area contributed by atoms with Gasteiger partial charge in [-0.15, -0.1) is 0 Å². The highest BCUT2D eigenvalue weighted by atomic mass is 35.5. The van der Waals surface area contributed by atoms with Gasteiger partial charge < -0.3 is 9.55 Å². The van der Waals surface area contributed by atoms with Crippen molar-refractivity contribution in [2.24, 2.45) is 0 Å². The van der Waals surface area contributed by atoms with Gasteiger partial charge in [0.2, 0.25) is 0 Å². The smallest absolute Gasteiger partial charge is 0.178 e. The number of nitrogens with zero attached hydrogens (tertiary/aromatic N) is 1. The van der Waals surface area contributed by atoms with Crippen molar-refractivity contribution in [3.63, 3.8) is 0 Å². The van der Waals surface area contributed by atoms with Crippen molar-refractivity contribution in [2.45, 2.75) is 19.4 Å². The first-order valence-electron chi connectivity index (χ1n) is 6.69. The van der Waals surface area contributed by atoms with Gasteiger partial charge in [-0.2, -0.15) is 0 Å². The molecule has 2 aromatic carbocycles. The molecule has 1 N–H and O–H groups in total. The molecule has 3 rings (SSSR count). The summed E-state index contributed by atoms with van der Waals surface area (Å²) in [4.78, 5) is 3.16. The number of para-hydroxylation sites is 1. The Balaban J connectivity index is 2.00. The summed E-state index contributed by atoms with van der Waals surface area (Å²) in [6, 6.07) is 12.5. The van der Waals surface area contributed by atoms with Crippen LogP contribution in [0.25, 0.3) is 11.0 Å². The summed E-state index contributed by atoms with van der Waals surface area (Å²) in [6.45, 7) is 2.09. The molecule has 0 amide bonds. The van der Waals surface area contributed by atoms with Crippen LogP contribution in [0.2, 0.25) is 5.02 Å². The van der Waals surface area contributed by atoms with Crippen LogP contribution in [0.1, 0.15) is 18.5 Å². The Kier molecular flexibility index (Phi) is 3.83. The zero-order chi connectivity index (χ0) is 15.0. The molecule has 3 aromatic rings. The highest BCUT2D eigenvalue weighted by molar-refractivity contribution is 7.71. The SMILES string of the molecule is CC(Cc1ccc(F)cc1)n1c(=S)[nH]c2c(Cl)cccc21. The lowest BCUT2D eigenvalue weighted by atomic mass is 10.1. The molecule has 21 heavy (non-hydrogen) atoms. The van der Waals surface area contributed by atoms with E-state index in [0.29, 0.717) is 9.79 Å². The predicted molar refractivity (Wildman–Crippen MR) is 86.9 cm³/mol. The minimum atomic E-state index is -0.220. The summed E-state index contributed by atoms with van der Waals surface area (Å²) in [6.07, 6.45) is 0.772. The van der Waals surface area contributed by atoms with E-state index in [-0.39, 0.29) is 11.9 Å². The second-order valence-electron chi connectivity index (χ2n) is 5.11. The molecule has 0 aliphatic heterocycles. The van der Waals surface area contributed by atoms with Crippen LogP contribution in [0.4, 0.5) is 4.39 Å². The lowest BCUT2D eigenvalue weighted by Gasteiger charge is -2.15. The number of aromatic amines is 1. The molecule has 5 heteroatoms. The number of H-pyrrole nitrogens is 1. The number of aromatic nitrogens is 2. The van der Waals surface area contributed by atoms with Gasteiger partial charge in [-0.1, -0.05) is 29.8 Å². The average Bonchev–Trinajstić information content (AvgIpc) is 2.79. The van der Waals surface area contributed by atoms with Crippen molar-refractivity contribution in [1.82, 2.24) is 9.55 Å². The number of halogens is 2. The van der Waals surface area contributed by atoms with Crippen molar-refractivity contribution < 1.29 is 4.39 Å². The molecule has 1 aromatic heterocycles. The third-order valence-corrected chi connectivity index (χ3v) is 4.20. The largest absolute Gasteiger partial charge is 0.329 e. The third-order valence-electron chi connectivity index (χ3n) is 3.59. The third kappa shape index (κ3) is 2.74. The molecule has 0 saturated carbocycles. The van der Waals surface area contributed by atoms with Gasteiger partial charge in [-0.05, 0) is 55.4 Å². The predicted octanol–water partition coefficient (Wildman–Crippen LogP) is 5.30. The van der Waals surface area contributed by atoms with Crippen LogP contribution in [-0.2, 0) is 6.42 Å². The number of nitrogens with one attached hydrogen (secondary N) is 1. The van der Waals surface area contributed by atoms with E-state index in [2.05, 4.69) is 16.5 Å². The first-order chi connectivity index (χ1) is 10.1. The summed E-state index contributed by atoms with van der Waals surface area (Å²) < 4.78 is 15.7. The van der Waals surface area contributed by atoms with Gasteiger partial charge in [0.25, 0.3) is 0 Å². The molecule has 0 saturated heterocycles. The highest BCUT2D eigenvalue weighted by Gasteiger charge is 2.13. The van der Waals surface area contributed by atoms with Crippen LogP contribution in [-0.4, -0.2) is 9.55 Å². The molecule has 0 radical (unpaired) electrons. The van der Waals surface area contributed by atoms with Crippen molar-refractivity contribution in [2.75, 3.05) is 0 Å². The molecule has 0 spiro atoms. The maximum Gasteiger partial charge on any atom is 0.178 e. The van der Waals surface area contributed by atoms with E-state index < -0.39 is 0 Å². The highest BCUT2D eigenvalue weighted by Crippen LogP contribution is 2.26. The maximum absolute atomic E-state index is 13.0. The van der Waals surface area contributed by atoms with Crippen molar-refractivity contribution >= 4 is 34.9 Å². The van der Waals surface area contributed by atoms with Gasteiger partial charge in [0.1, 0.15) is 5.82 Å². The molecule has 1 atom stereocenters. The fourth-order valence-corrected chi connectivity index (χ4v) is 3.20. The number of hydrogen-bond donors (Lipinski definition) is 1. The first kappa shape index (κ1) is 14.3. The van der Waals surface area contributed by atoms with E-state index in [1.807, 2.05) is 18.2 Å². The zero-order valence-electron chi connectivity index (χ0n) is 11.4. The molecule has 0 aliphatic carbocycles. The number of benzene rings is 2.